The summed E-state index contributed by atoms with van der Waals surface area (Å²) in [6, 6.07) is 15.6. The molecule has 2 rings (SSSR count). The molecule has 5 nitrogen and oxygen atoms in total. The van der Waals surface area contributed by atoms with Crippen LogP contribution in [0, 0.1) is 0 Å². The molecule has 2 N–H and O–H groups in total. The van der Waals surface area contributed by atoms with Gasteiger partial charge in [0.05, 0.1) is 12.7 Å². The highest BCUT2D eigenvalue weighted by Gasteiger charge is 2.19. The Kier molecular flexibility index (Phi) is 6.15. The Bertz CT molecular complexity index is 716. The van der Waals surface area contributed by atoms with Crippen LogP contribution < -0.4 is 9.46 Å². The lowest BCUT2D eigenvalue weighted by Crippen LogP contribution is -2.26. The van der Waals surface area contributed by atoms with Crippen molar-refractivity contribution in [1.29, 1.82) is 0 Å². The number of hydrogen-bond acceptors (Lipinski definition) is 4. The molecule has 1 atom stereocenters. The largest absolute Gasteiger partial charge is 0.492 e. The second-order valence-corrected chi connectivity index (χ2v) is 6.73. The van der Waals surface area contributed by atoms with E-state index in [9.17, 15) is 13.5 Å². The summed E-state index contributed by atoms with van der Waals surface area (Å²) in [5.74, 6) is 0.325. The van der Waals surface area contributed by atoms with E-state index >= 15 is 0 Å². The molecule has 0 aromatic heterocycles. The lowest BCUT2D eigenvalue weighted by molar-refractivity contribution is 0.169. The van der Waals surface area contributed by atoms with Crippen LogP contribution in [0.5, 0.6) is 5.75 Å². The monoisotopic (exact) mass is 335 g/mol. The Morgan fingerprint density at radius 1 is 1.09 bits per heavy atom. The van der Waals surface area contributed by atoms with Crippen molar-refractivity contribution in [3.05, 3.63) is 60.2 Å². The smallest absolute Gasteiger partial charge is 0.244 e. The van der Waals surface area contributed by atoms with Crippen LogP contribution >= 0.6 is 0 Å². The number of para-hydroxylation sites is 1. The quantitative estimate of drug-likeness (QED) is 0.777. The number of ether oxygens (including phenoxy) is 1. The standard InChI is InChI=1S/C17H21NO4S/c1-2-22-16-10-6-7-11-17(16)23(20,21)18-13-12-15(19)14-8-4-3-5-9-14/h3-11,15,18-19H,2,12-13H2,1H3. The van der Waals surface area contributed by atoms with E-state index < -0.39 is 16.1 Å². The number of aliphatic hydroxyl groups excluding tert-OH is 1. The van der Waals surface area contributed by atoms with E-state index in [2.05, 4.69) is 4.72 Å². The predicted molar refractivity (Wildman–Crippen MR) is 88.8 cm³/mol. The third kappa shape index (κ3) is 4.79. The highest BCUT2D eigenvalue weighted by Crippen LogP contribution is 2.23. The molecule has 124 valence electrons. The fraction of sp³-hybridized carbons (Fsp3) is 0.294. The van der Waals surface area contributed by atoms with E-state index in [-0.39, 0.29) is 11.4 Å². The Morgan fingerprint density at radius 3 is 2.43 bits per heavy atom. The van der Waals surface area contributed by atoms with Gasteiger partial charge in [-0.2, -0.15) is 0 Å². The molecule has 0 radical (unpaired) electrons. The van der Waals surface area contributed by atoms with Gasteiger partial charge in [0, 0.05) is 6.54 Å². The highest BCUT2D eigenvalue weighted by atomic mass is 32.2. The van der Waals surface area contributed by atoms with E-state index in [4.69, 9.17) is 4.74 Å². The molecule has 0 fully saturated rings. The number of aliphatic hydroxyl groups is 1. The summed E-state index contributed by atoms with van der Waals surface area (Å²) >= 11 is 0. The molecule has 0 aliphatic carbocycles. The van der Waals surface area contributed by atoms with Gasteiger partial charge in [0.1, 0.15) is 10.6 Å². The average molecular weight is 335 g/mol. The van der Waals surface area contributed by atoms with Crippen molar-refractivity contribution < 1.29 is 18.3 Å². The van der Waals surface area contributed by atoms with Crippen LogP contribution in [-0.2, 0) is 10.0 Å². The minimum absolute atomic E-state index is 0.107. The molecule has 23 heavy (non-hydrogen) atoms. The second kappa shape index (κ2) is 8.10. The van der Waals surface area contributed by atoms with Gasteiger partial charge in [-0.3, -0.25) is 0 Å². The molecule has 0 aliphatic rings. The Hall–Kier alpha value is -1.89. The summed E-state index contributed by atoms with van der Waals surface area (Å²) in [5, 5.41) is 10.1. The minimum Gasteiger partial charge on any atom is -0.492 e. The van der Waals surface area contributed by atoms with Gasteiger partial charge in [-0.1, -0.05) is 42.5 Å². The zero-order chi connectivity index (χ0) is 16.7. The molecule has 0 amide bonds. The summed E-state index contributed by atoms with van der Waals surface area (Å²) < 4.78 is 32.6. The van der Waals surface area contributed by atoms with E-state index in [1.807, 2.05) is 30.3 Å². The van der Waals surface area contributed by atoms with Gasteiger partial charge in [0.15, 0.2) is 0 Å². The minimum atomic E-state index is -3.68. The van der Waals surface area contributed by atoms with Gasteiger partial charge in [-0.05, 0) is 31.0 Å². The number of hydrogen-bond donors (Lipinski definition) is 2. The van der Waals surface area contributed by atoms with Gasteiger partial charge in [0.2, 0.25) is 10.0 Å². The summed E-state index contributed by atoms with van der Waals surface area (Å²) in [6.45, 7) is 2.32. The Labute approximate surface area is 137 Å². The molecule has 0 saturated heterocycles. The molecule has 0 spiro atoms. The molecule has 2 aromatic carbocycles. The van der Waals surface area contributed by atoms with Crippen molar-refractivity contribution >= 4 is 10.0 Å². The first-order valence-corrected chi connectivity index (χ1v) is 8.97. The maximum absolute atomic E-state index is 12.4. The average Bonchev–Trinajstić information content (AvgIpc) is 2.56. The van der Waals surface area contributed by atoms with Gasteiger partial charge in [-0.15, -0.1) is 0 Å². The fourth-order valence-corrected chi connectivity index (χ4v) is 3.39. The van der Waals surface area contributed by atoms with Crippen LogP contribution in [0.4, 0.5) is 0 Å². The molecule has 6 heteroatoms. The van der Waals surface area contributed by atoms with Crippen molar-refractivity contribution in [2.24, 2.45) is 0 Å². The molecular formula is C17H21NO4S. The number of nitrogens with one attached hydrogen (secondary N) is 1. The van der Waals surface area contributed by atoms with Crippen molar-refractivity contribution in [2.45, 2.75) is 24.3 Å². The topological polar surface area (TPSA) is 75.6 Å². The Balaban J connectivity index is 2.00. The molecule has 0 bridgehead atoms. The fourth-order valence-electron chi connectivity index (χ4n) is 2.20. The van der Waals surface area contributed by atoms with E-state index in [1.165, 1.54) is 6.07 Å². The molecule has 2 aromatic rings. The van der Waals surface area contributed by atoms with Crippen LogP contribution in [0.25, 0.3) is 0 Å². The SMILES string of the molecule is CCOc1ccccc1S(=O)(=O)NCCC(O)c1ccccc1. The molecule has 0 saturated carbocycles. The van der Waals surface area contributed by atoms with Crippen molar-refractivity contribution in [2.75, 3.05) is 13.2 Å². The maximum Gasteiger partial charge on any atom is 0.244 e. The zero-order valence-electron chi connectivity index (χ0n) is 13.0. The van der Waals surface area contributed by atoms with E-state index in [0.717, 1.165) is 5.56 Å². The van der Waals surface area contributed by atoms with Gasteiger partial charge in [-0.25, -0.2) is 13.1 Å². The van der Waals surface area contributed by atoms with Crippen LogP contribution in [0.3, 0.4) is 0 Å². The zero-order valence-corrected chi connectivity index (χ0v) is 13.8. The number of benzene rings is 2. The molecule has 1 unspecified atom stereocenters. The maximum atomic E-state index is 12.4. The number of rotatable bonds is 8. The predicted octanol–water partition coefficient (Wildman–Crippen LogP) is 2.49. The molecule has 0 aliphatic heterocycles. The molecular weight excluding hydrogens is 314 g/mol. The first kappa shape index (κ1) is 17.5. The van der Waals surface area contributed by atoms with Gasteiger partial charge in [0.25, 0.3) is 0 Å². The first-order valence-electron chi connectivity index (χ1n) is 7.49. The third-order valence-corrected chi connectivity index (χ3v) is 4.83. The third-order valence-electron chi connectivity index (χ3n) is 3.33. The van der Waals surface area contributed by atoms with Crippen molar-refractivity contribution in [3.8, 4) is 5.75 Å². The summed E-state index contributed by atoms with van der Waals surface area (Å²) in [7, 11) is -3.68. The van der Waals surface area contributed by atoms with E-state index in [1.54, 1.807) is 25.1 Å². The van der Waals surface area contributed by atoms with Crippen LogP contribution in [-0.4, -0.2) is 26.7 Å². The first-order chi connectivity index (χ1) is 11.0. The summed E-state index contributed by atoms with van der Waals surface area (Å²) in [4.78, 5) is 0.107. The van der Waals surface area contributed by atoms with Gasteiger partial charge < -0.3 is 9.84 Å². The van der Waals surface area contributed by atoms with Crippen LogP contribution in [0.15, 0.2) is 59.5 Å². The lowest BCUT2D eigenvalue weighted by Gasteiger charge is -2.13. The van der Waals surface area contributed by atoms with Gasteiger partial charge >= 0.3 is 0 Å². The lowest BCUT2D eigenvalue weighted by atomic mass is 10.1. The Morgan fingerprint density at radius 2 is 1.74 bits per heavy atom. The van der Waals surface area contributed by atoms with Crippen LogP contribution in [0.2, 0.25) is 0 Å². The second-order valence-electron chi connectivity index (χ2n) is 4.99. The number of sulfonamides is 1. The molecule has 0 heterocycles. The van der Waals surface area contributed by atoms with E-state index in [0.29, 0.717) is 18.8 Å². The van der Waals surface area contributed by atoms with Crippen LogP contribution in [0.1, 0.15) is 25.0 Å². The summed E-state index contributed by atoms with van der Waals surface area (Å²) in [6.07, 6.45) is -0.416. The summed E-state index contributed by atoms with van der Waals surface area (Å²) in [5.41, 5.74) is 0.765. The normalized spacial score (nSPS) is 12.8. The highest BCUT2D eigenvalue weighted by molar-refractivity contribution is 7.89. The van der Waals surface area contributed by atoms with Crippen molar-refractivity contribution in [1.82, 2.24) is 4.72 Å². The van der Waals surface area contributed by atoms with Crippen molar-refractivity contribution in [3.63, 3.8) is 0 Å².